The van der Waals surface area contributed by atoms with E-state index in [0.717, 1.165) is 77.4 Å². The van der Waals surface area contributed by atoms with Crippen molar-refractivity contribution in [1.29, 1.82) is 0 Å². The van der Waals surface area contributed by atoms with Crippen molar-refractivity contribution < 1.29 is 128 Å². The third kappa shape index (κ3) is 21.1. The number of aliphatic hydroxyl groups excluding tert-OH is 7. The number of fused-ring (bicyclic) bond motifs is 15. The predicted octanol–water partition coefficient (Wildman–Crippen LogP) is 4.72. The van der Waals surface area contributed by atoms with Crippen LogP contribution in [0.1, 0.15) is 138 Å². The molecule has 2 saturated heterocycles. The molecule has 7 aliphatic heterocycles. The standard InChI is InChI=1S/C87H101Cl3N10O26/c1-36(2)23-52(93-8)78(112)99-68-70(107)43-16-21-56(50(89)25-43)121-58-27-45-28-59(74(58)126-85-75(72(109)71(108)60(35-101)123-85)125-63-33-87(7,77(111)38(5)120-63)94-34-39-9-11-40(12-10-39)41-13-18-46(88)19-14-41)122-57-22-17-44(26-51(57)90)73(124-62(106)32-86(6,92)76(110)37(3)4)69-83(117)98-67(84(118)119)49-29-47(102)30-55(104)64(49)48-24-42(15-20-54(48)103)65(80(114)100-69)97-81(115)66(45)96-79(113)53(31-61(91)105)95-82(68)116/h9-22,24-30,36-38,52-53,60,62-63,65-73,75-77,85,93-94,101-104,106-111H,23,31-35,92H2,1-8H3,(H2,91,105)(H,95,116)(H,96,113)(H,97,115)(H,98,117)(H,99,112)(H,100,114)(H,118,119)/t38-,52+,53-,60?,62-,63+,65+,66+,67-,68+,69-,70-,71+,72-,73+,75?,76-,77+,85-,86?,87?/m0/s1. The maximum absolute atomic E-state index is 16.5. The highest BCUT2D eigenvalue weighted by molar-refractivity contribution is 6.32. The van der Waals surface area contributed by atoms with Crippen LogP contribution in [0.5, 0.6) is 46.0 Å². The molecule has 0 aliphatic carbocycles. The normalized spacial score (nSPS) is 27.0. The van der Waals surface area contributed by atoms with E-state index in [1.807, 2.05) is 50.2 Å². The van der Waals surface area contributed by atoms with Crippen LogP contribution in [0.15, 0.2) is 127 Å². The Kier molecular flexibility index (Phi) is 29.5. The number of amides is 7. The lowest BCUT2D eigenvalue weighted by molar-refractivity contribution is -0.334. The fraction of sp³-hybridized carbons (Fsp3) is 0.425. The van der Waals surface area contributed by atoms with Crippen LogP contribution in [0.3, 0.4) is 0 Å². The molecular formula is C87H101Cl3N10O26. The average Bonchev–Trinajstić information content (AvgIpc) is 0.763. The number of carbonyl (C=O) groups excluding carboxylic acids is 7. The predicted molar refractivity (Wildman–Crippen MR) is 452 cm³/mol. The van der Waals surface area contributed by atoms with E-state index in [1.165, 1.54) is 32.2 Å². The Morgan fingerprint density at radius 3 is 1.90 bits per heavy atom. The summed E-state index contributed by atoms with van der Waals surface area (Å²) in [5.74, 6) is -17.1. The zero-order valence-corrected chi connectivity index (χ0v) is 71.6. The van der Waals surface area contributed by atoms with E-state index in [-0.39, 0.29) is 42.2 Å². The largest absolute Gasteiger partial charge is 0.508 e. The Hall–Kier alpha value is -10.6. The second-order valence-electron chi connectivity index (χ2n) is 33.1. The average molecular weight is 1810 g/mol. The van der Waals surface area contributed by atoms with Crippen molar-refractivity contribution in [3.05, 3.63) is 176 Å². The van der Waals surface area contributed by atoms with Gasteiger partial charge in [-0.05, 0) is 152 Å². The highest BCUT2D eigenvalue weighted by atomic mass is 35.5. The molecule has 126 heavy (non-hydrogen) atoms. The molecule has 2 fully saturated rings. The van der Waals surface area contributed by atoms with Crippen molar-refractivity contribution in [1.82, 2.24) is 42.5 Å². The molecule has 36 nitrogen and oxygen atoms in total. The number of primary amides is 1. The molecule has 0 radical (unpaired) electrons. The van der Waals surface area contributed by atoms with Gasteiger partial charge in [0.1, 0.15) is 89.5 Å². The van der Waals surface area contributed by atoms with Gasteiger partial charge >= 0.3 is 5.97 Å². The molecule has 7 aromatic rings. The van der Waals surface area contributed by atoms with E-state index in [9.17, 15) is 70.6 Å². The third-order valence-electron chi connectivity index (χ3n) is 22.8. The van der Waals surface area contributed by atoms with Crippen LogP contribution >= 0.6 is 34.8 Å². The zero-order chi connectivity index (χ0) is 91.6. The Balaban J connectivity index is 1.08. The number of carboxylic acid groups (broad SMARTS) is 1. The molecule has 7 amide bonds. The first kappa shape index (κ1) is 94.5. The highest BCUT2D eigenvalue weighted by Crippen LogP contribution is 2.51. The Bertz CT molecular complexity index is 5230. The van der Waals surface area contributed by atoms with Crippen molar-refractivity contribution in [2.75, 3.05) is 13.7 Å². The number of halogens is 3. The van der Waals surface area contributed by atoms with Gasteiger partial charge in [-0.2, -0.15) is 0 Å². The molecule has 676 valence electrons. The SMILES string of the molecule is CN[C@H](CC(C)C)C(=O)N[C@H]1C(=O)N[C@@H](CC(N)=O)C(=O)N[C@H]2C(=O)N[C@H]3C(=O)N[C@H](C(=O)N[C@H](C(=O)O)c4cc(O)cc(O)c4-c4cc3ccc4O)[C@H](O[C@H](O)CC(C)(N)[C@@H](O)C(C)C)c3ccc(c(Cl)c3)Oc3cc2cc(c3O[C@@H]2OC(CO)[C@@H](O)[C@H](O)C2O[C@@H]2CC(C)(NCc3ccc(-c4ccc(Cl)cc4)cc3)[C@H](O)[C@H](C)O2)Oc2ccc(cc2Cl)[C@@H]1O. The number of aliphatic carboxylic acids is 1. The van der Waals surface area contributed by atoms with Crippen LogP contribution in [-0.4, -0.2) is 214 Å². The summed E-state index contributed by atoms with van der Waals surface area (Å²) in [6.45, 7) is 10.7. The number of aliphatic hydroxyl groups is 7. The first-order valence-electron chi connectivity index (χ1n) is 40.4. The van der Waals surface area contributed by atoms with Crippen LogP contribution in [0.4, 0.5) is 0 Å². The molecule has 0 saturated carbocycles. The number of phenols is 3. The van der Waals surface area contributed by atoms with Crippen molar-refractivity contribution >= 4 is 82.1 Å². The molecular weight excluding hydrogens is 1710 g/mol. The Morgan fingerprint density at radius 1 is 0.690 bits per heavy atom. The second-order valence-corrected chi connectivity index (χ2v) is 34.4. The summed E-state index contributed by atoms with van der Waals surface area (Å²) in [5.41, 5.74) is 9.09. The zero-order valence-electron chi connectivity index (χ0n) is 69.3. The smallest absolute Gasteiger partial charge is 0.330 e. The fourth-order valence-electron chi connectivity index (χ4n) is 16.0. The maximum Gasteiger partial charge on any atom is 0.330 e. The number of nitrogens with one attached hydrogen (secondary N) is 8. The third-order valence-corrected chi connectivity index (χ3v) is 23.6. The number of hydrogen-bond acceptors (Lipinski definition) is 28. The van der Waals surface area contributed by atoms with Gasteiger partial charge in [-0.3, -0.25) is 33.6 Å². The van der Waals surface area contributed by atoms with E-state index in [4.69, 9.17) is 79.4 Å². The molecule has 39 heteroatoms. The van der Waals surface area contributed by atoms with Crippen molar-refractivity contribution in [2.45, 2.75) is 208 Å². The van der Waals surface area contributed by atoms with Crippen molar-refractivity contribution in [2.24, 2.45) is 23.3 Å². The molecule has 23 N–H and O–H groups in total. The van der Waals surface area contributed by atoms with Gasteiger partial charge < -0.3 is 143 Å². The monoisotopic (exact) mass is 1810 g/mol. The first-order valence-corrected chi connectivity index (χ1v) is 41.6. The van der Waals surface area contributed by atoms with Gasteiger partial charge in [-0.25, -0.2) is 4.79 Å². The lowest BCUT2D eigenvalue weighted by Gasteiger charge is -2.48. The number of phenolic OH excluding ortho intramolecular Hbond substituents is 3. The molecule has 14 rings (SSSR count). The van der Waals surface area contributed by atoms with Gasteiger partial charge in [0.25, 0.3) is 0 Å². The minimum absolute atomic E-state index is 0.125. The summed E-state index contributed by atoms with van der Waals surface area (Å²) in [6, 6.07) is 13.8. The molecule has 21 atom stereocenters. The summed E-state index contributed by atoms with van der Waals surface area (Å²) in [6.07, 6.45) is -23.1. The van der Waals surface area contributed by atoms with Gasteiger partial charge in [-0.1, -0.05) is 117 Å². The van der Waals surface area contributed by atoms with Crippen molar-refractivity contribution in [3.8, 4) is 68.2 Å². The number of likely N-dealkylation sites (N-methyl/N-ethyl adjacent to an activating group) is 1. The summed E-state index contributed by atoms with van der Waals surface area (Å²) in [7, 11) is 1.47. The summed E-state index contributed by atoms with van der Waals surface area (Å²) in [5, 5.41) is 150. The summed E-state index contributed by atoms with van der Waals surface area (Å²) < 4.78 is 46.3. The van der Waals surface area contributed by atoms with Gasteiger partial charge in [0.15, 0.2) is 36.2 Å². The van der Waals surface area contributed by atoms with E-state index in [0.29, 0.717) is 5.02 Å². The molecule has 0 aromatic heterocycles. The summed E-state index contributed by atoms with van der Waals surface area (Å²) in [4.78, 5) is 121. The Morgan fingerprint density at radius 2 is 1.29 bits per heavy atom. The van der Waals surface area contributed by atoms with Crippen LogP contribution in [0, 0.1) is 11.8 Å². The van der Waals surface area contributed by atoms with E-state index in [2.05, 4.69) is 42.5 Å². The molecule has 7 aromatic carbocycles. The topological polar surface area (TPSA) is 572 Å². The van der Waals surface area contributed by atoms with Crippen LogP contribution in [0.25, 0.3) is 22.3 Å². The number of rotatable bonds is 23. The fourth-order valence-corrected chi connectivity index (χ4v) is 16.6. The second kappa shape index (κ2) is 39.3. The molecule has 0 spiro atoms. The van der Waals surface area contributed by atoms with E-state index < -0.39 is 278 Å². The lowest BCUT2D eigenvalue weighted by Crippen LogP contribution is -2.65. The quantitative estimate of drug-likeness (QED) is 0.0385. The molecule has 11 bridgehead atoms. The van der Waals surface area contributed by atoms with Crippen LogP contribution in [0.2, 0.25) is 15.1 Å². The molecule has 7 aliphatic rings. The van der Waals surface area contributed by atoms with E-state index >= 15 is 24.0 Å². The number of hydrogen-bond donors (Lipinski definition) is 21. The minimum atomic E-state index is -2.42. The Labute approximate surface area is 737 Å². The van der Waals surface area contributed by atoms with Gasteiger partial charge in [0.2, 0.25) is 53.4 Å². The number of aromatic hydroxyl groups is 3. The highest BCUT2D eigenvalue weighted by Gasteiger charge is 2.53. The number of carboxylic acids is 1. The molecule has 7 heterocycles. The molecule has 4 unspecified atom stereocenters. The van der Waals surface area contributed by atoms with Crippen LogP contribution in [-0.2, 0) is 63.8 Å². The van der Waals surface area contributed by atoms with Gasteiger partial charge in [-0.15, -0.1) is 0 Å². The van der Waals surface area contributed by atoms with Gasteiger partial charge in [0.05, 0.1) is 47.4 Å². The lowest BCUT2D eigenvalue weighted by atomic mass is 9.84. The van der Waals surface area contributed by atoms with Crippen LogP contribution < -0.4 is 68.2 Å². The maximum atomic E-state index is 16.5. The van der Waals surface area contributed by atoms with Gasteiger partial charge in [0, 0.05) is 58.2 Å². The number of carbonyl (C=O) groups is 8. The minimum Gasteiger partial charge on any atom is -0.508 e. The number of benzene rings is 7. The summed E-state index contributed by atoms with van der Waals surface area (Å²) >= 11 is 20.8. The number of nitrogens with two attached hydrogens (primary N) is 2. The number of ether oxygens (including phenoxy) is 7. The van der Waals surface area contributed by atoms with Crippen molar-refractivity contribution in [3.63, 3.8) is 0 Å². The van der Waals surface area contributed by atoms with E-state index in [1.54, 1.807) is 39.8 Å². The first-order chi connectivity index (χ1) is 59.5.